The molecule has 5 heteroatoms. The van der Waals surface area contributed by atoms with E-state index in [1.54, 1.807) is 36.4 Å². The van der Waals surface area contributed by atoms with Crippen molar-refractivity contribution in [1.82, 2.24) is 0 Å². The van der Waals surface area contributed by atoms with Crippen LogP contribution in [0.3, 0.4) is 0 Å². The second-order valence-corrected chi connectivity index (χ2v) is 3.91. The summed E-state index contributed by atoms with van der Waals surface area (Å²) in [4.78, 5) is 0. The van der Waals surface area contributed by atoms with Crippen molar-refractivity contribution in [2.24, 2.45) is 0 Å². The molecule has 2 aromatic carbocycles. The average Bonchev–Trinajstić information content (AvgIpc) is 2.28. The molecular weight excluding hydrogens is 282 g/mol. The van der Waals surface area contributed by atoms with Crippen LogP contribution in [-0.2, 0) is 0 Å². The van der Waals surface area contributed by atoms with Gasteiger partial charge in [-0.05, 0) is 24.3 Å². The molecule has 2 nitrogen and oxygen atoms in total. The van der Waals surface area contributed by atoms with Crippen LogP contribution in [0.25, 0.3) is 0 Å². The molecule has 0 saturated heterocycles. The van der Waals surface area contributed by atoms with E-state index in [1.807, 2.05) is 0 Å². The number of hydrogen-bond acceptors (Lipinski definition) is 2. The highest BCUT2D eigenvalue weighted by molar-refractivity contribution is 6.42. The highest BCUT2D eigenvalue weighted by Crippen LogP contribution is 2.37. The fraction of sp³-hybridized carbons (Fsp3) is 0. The number of phenols is 1. The van der Waals surface area contributed by atoms with E-state index in [0.717, 1.165) is 0 Å². The molecule has 0 aliphatic carbocycles. The fourth-order valence-corrected chi connectivity index (χ4v) is 1.56. The third-order valence-corrected chi connectivity index (χ3v) is 2.80. The van der Waals surface area contributed by atoms with E-state index in [1.165, 1.54) is 6.07 Å². The van der Waals surface area contributed by atoms with Crippen LogP contribution in [0.5, 0.6) is 17.2 Å². The molecule has 0 heterocycles. The van der Waals surface area contributed by atoms with Gasteiger partial charge in [-0.1, -0.05) is 41.4 Å². The number of phenolic OH excluding ortho intramolecular Hbond substituents is 1. The van der Waals surface area contributed by atoms with Gasteiger partial charge in [0.05, 0.1) is 5.02 Å². The molecule has 0 radical (unpaired) electrons. The molecule has 0 aromatic heterocycles. The Bertz CT molecular complexity index is 515. The lowest BCUT2D eigenvalue weighted by Gasteiger charge is -2.09. The molecule has 0 aliphatic heterocycles. The van der Waals surface area contributed by atoms with Gasteiger partial charge in [0.1, 0.15) is 10.8 Å². The molecule has 2 rings (SSSR count). The zero-order chi connectivity index (χ0) is 11.5. The van der Waals surface area contributed by atoms with Gasteiger partial charge < -0.3 is 9.84 Å². The van der Waals surface area contributed by atoms with Crippen molar-refractivity contribution in [3.63, 3.8) is 0 Å². The quantitative estimate of drug-likeness (QED) is 0.851. The molecule has 0 aliphatic rings. The number of benzene rings is 2. The van der Waals surface area contributed by atoms with E-state index in [4.69, 9.17) is 27.9 Å². The van der Waals surface area contributed by atoms with Gasteiger partial charge in [-0.3, -0.25) is 0 Å². The molecule has 0 saturated carbocycles. The maximum atomic E-state index is 9.53. The van der Waals surface area contributed by atoms with Crippen LogP contribution in [0.1, 0.15) is 0 Å². The summed E-state index contributed by atoms with van der Waals surface area (Å²) in [6, 6.07) is 11.7. The van der Waals surface area contributed by atoms with Gasteiger partial charge in [-0.2, -0.15) is 0 Å². The van der Waals surface area contributed by atoms with Gasteiger partial charge in [-0.25, -0.2) is 0 Å². The van der Waals surface area contributed by atoms with Gasteiger partial charge in [0, 0.05) is 0 Å². The van der Waals surface area contributed by atoms with E-state index in [9.17, 15) is 5.11 Å². The normalized spacial score (nSPS) is 9.53. The summed E-state index contributed by atoms with van der Waals surface area (Å²) in [6.07, 6.45) is 0. The van der Waals surface area contributed by atoms with Gasteiger partial charge >= 0.3 is 0 Å². The molecule has 0 spiro atoms. The molecular formula is C12H9Cl3O2. The zero-order valence-corrected chi connectivity index (χ0v) is 10.9. The Labute approximate surface area is 115 Å². The van der Waals surface area contributed by atoms with Crippen LogP contribution in [0, 0.1) is 0 Å². The van der Waals surface area contributed by atoms with Crippen molar-refractivity contribution in [2.45, 2.75) is 0 Å². The molecule has 1 N–H and O–H groups in total. The summed E-state index contributed by atoms with van der Waals surface area (Å²) in [6.45, 7) is 0. The Hall–Kier alpha value is -1.09. The number of ether oxygens (including phenoxy) is 1. The summed E-state index contributed by atoms with van der Waals surface area (Å²) in [7, 11) is 0. The summed E-state index contributed by atoms with van der Waals surface area (Å²) in [5.41, 5.74) is 0. The lowest BCUT2D eigenvalue weighted by Crippen LogP contribution is -1.85. The van der Waals surface area contributed by atoms with E-state index in [2.05, 4.69) is 0 Å². The second-order valence-electron chi connectivity index (χ2n) is 3.12. The minimum atomic E-state index is 0. The van der Waals surface area contributed by atoms with Crippen LogP contribution in [0.15, 0.2) is 42.5 Å². The van der Waals surface area contributed by atoms with E-state index in [0.29, 0.717) is 21.5 Å². The lowest BCUT2D eigenvalue weighted by molar-refractivity contribution is 0.411. The van der Waals surface area contributed by atoms with Gasteiger partial charge in [0.25, 0.3) is 0 Å². The highest BCUT2D eigenvalue weighted by atomic mass is 35.5. The topological polar surface area (TPSA) is 29.5 Å². The van der Waals surface area contributed by atoms with Crippen LogP contribution in [-0.4, -0.2) is 5.11 Å². The van der Waals surface area contributed by atoms with Gasteiger partial charge in [-0.15, -0.1) is 12.4 Å². The Kier molecular flexibility index (Phi) is 4.94. The minimum Gasteiger partial charge on any atom is -0.504 e. The first-order valence-electron chi connectivity index (χ1n) is 4.58. The average molecular weight is 292 g/mol. The highest BCUT2D eigenvalue weighted by Gasteiger charge is 2.08. The third kappa shape index (κ3) is 3.19. The molecule has 17 heavy (non-hydrogen) atoms. The first-order valence-corrected chi connectivity index (χ1v) is 5.34. The van der Waals surface area contributed by atoms with Gasteiger partial charge in [0.2, 0.25) is 0 Å². The maximum Gasteiger partial charge on any atom is 0.169 e. The van der Waals surface area contributed by atoms with E-state index < -0.39 is 0 Å². The van der Waals surface area contributed by atoms with Gasteiger partial charge in [0.15, 0.2) is 11.5 Å². The van der Waals surface area contributed by atoms with Crippen molar-refractivity contribution in [3.8, 4) is 17.2 Å². The summed E-state index contributed by atoms with van der Waals surface area (Å²) in [5.74, 6) is 0.806. The number of halogens is 3. The smallest absolute Gasteiger partial charge is 0.169 e. The molecule has 0 unspecified atom stereocenters. The molecule has 2 aromatic rings. The predicted molar refractivity (Wildman–Crippen MR) is 71.9 cm³/mol. The largest absolute Gasteiger partial charge is 0.504 e. The van der Waals surface area contributed by atoms with Crippen LogP contribution < -0.4 is 4.74 Å². The first-order chi connectivity index (χ1) is 7.68. The number of hydrogen-bond donors (Lipinski definition) is 1. The second kappa shape index (κ2) is 6.01. The lowest BCUT2D eigenvalue weighted by atomic mass is 10.3. The molecule has 0 atom stereocenters. The van der Waals surface area contributed by atoms with Crippen LogP contribution in [0.4, 0.5) is 0 Å². The van der Waals surface area contributed by atoms with Crippen molar-refractivity contribution >= 4 is 35.6 Å². The summed E-state index contributed by atoms with van der Waals surface area (Å²) < 4.78 is 5.45. The Morgan fingerprint density at radius 2 is 1.53 bits per heavy atom. The molecule has 0 fully saturated rings. The number of aromatic hydroxyl groups is 1. The molecule has 0 amide bonds. The third-order valence-electron chi connectivity index (χ3n) is 2.00. The van der Waals surface area contributed by atoms with Crippen molar-refractivity contribution < 1.29 is 9.84 Å². The summed E-state index contributed by atoms with van der Waals surface area (Å²) >= 11 is 11.8. The van der Waals surface area contributed by atoms with E-state index >= 15 is 0 Å². The molecule has 90 valence electrons. The fourth-order valence-electron chi connectivity index (χ4n) is 1.22. The standard InChI is InChI=1S/C12H8Cl2O2.ClH/c13-8-4-3-7-11(12(8)14)16-10-6-2-1-5-9(10)15;/h1-7,15H;1H. The monoisotopic (exact) mass is 290 g/mol. The first kappa shape index (κ1) is 14.0. The van der Waals surface area contributed by atoms with Crippen molar-refractivity contribution in [3.05, 3.63) is 52.5 Å². The Morgan fingerprint density at radius 1 is 0.882 bits per heavy atom. The van der Waals surface area contributed by atoms with E-state index in [-0.39, 0.29) is 18.2 Å². The SMILES string of the molecule is Cl.Oc1ccccc1Oc1cccc(Cl)c1Cl. The summed E-state index contributed by atoms with van der Waals surface area (Å²) in [5, 5.41) is 10.3. The zero-order valence-electron chi connectivity index (χ0n) is 8.56. The number of rotatable bonds is 2. The van der Waals surface area contributed by atoms with Crippen molar-refractivity contribution in [2.75, 3.05) is 0 Å². The number of para-hydroxylation sites is 2. The molecule has 0 bridgehead atoms. The van der Waals surface area contributed by atoms with Crippen LogP contribution >= 0.6 is 35.6 Å². The maximum absolute atomic E-state index is 9.53. The minimum absolute atomic E-state index is 0. The predicted octanol–water partition coefficient (Wildman–Crippen LogP) is 4.91. The van der Waals surface area contributed by atoms with Crippen LogP contribution in [0.2, 0.25) is 10.0 Å². The Morgan fingerprint density at radius 3 is 2.24 bits per heavy atom. The Balaban J connectivity index is 0.00000144. The van der Waals surface area contributed by atoms with Crippen molar-refractivity contribution in [1.29, 1.82) is 0 Å².